The van der Waals surface area contributed by atoms with Crippen molar-refractivity contribution in [2.24, 2.45) is 17.6 Å². The second-order valence-corrected chi connectivity index (χ2v) is 6.64. The average Bonchev–Trinajstić information content (AvgIpc) is 2.15. The lowest BCUT2D eigenvalue weighted by Crippen LogP contribution is -2.37. The van der Waals surface area contributed by atoms with E-state index in [1.54, 1.807) is 0 Å². The number of nitrogens with two attached hydrogens (primary N) is 1. The minimum Gasteiger partial charge on any atom is -0.325 e. The van der Waals surface area contributed by atoms with E-state index in [-0.39, 0.29) is 5.54 Å². The Hall–Kier alpha value is -0.0800. The average molecular weight is 242 g/mol. The summed E-state index contributed by atoms with van der Waals surface area (Å²) < 4.78 is 0. The van der Waals surface area contributed by atoms with E-state index in [4.69, 9.17) is 5.73 Å². The molecule has 0 aromatic carbocycles. The molecular weight excluding hydrogens is 208 g/mol. The number of nitrogens with one attached hydrogen (secondary N) is 1. The second kappa shape index (κ2) is 8.93. The van der Waals surface area contributed by atoms with Gasteiger partial charge in [-0.1, -0.05) is 40.5 Å². The Morgan fingerprint density at radius 1 is 1.00 bits per heavy atom. The Labute approximate surface area is 109 Å². The summed E-state index contributed by atoms with van der Waals surface area (Å²) in [5, 5.41) is 3.48. The van der Waals surface area contributed by atoms with Crippen LogP contribution in [0.3, 0.4) is 0 Å². The molecule has 0 aliphatic carbocycles. The molecule has 0 aromatic heterocycles. The highest BCUT2D eigenvalue weighted by Gasteiger charge is 2.17. The first-order chi connectivity index (χ1) is 7.83. The van der Waals surface area contributed by atoms with Crippen molar-refractivity contribution in [3.63, 3.8) is 0 Å². The van der Waals surface area contributed by atoms with E-state index in [1.165, 1.54) is 19.3 Å². The van der Waals surface area contributed by atoms with Crippen molar-refractivity contribution in [1.82, 2.24) is 5.32 Å². The predicted molar refractivity (Wildman–Crippen MR) is 78.2 cm³/mol. The van der Waals surface area contributed by atoms with Gasteiger partial charge in [-0.3, -0.25) is 0 Å². The zero-order valence-corrected chi connectivity index (χ0v) is 12.7. The van der Waals surface area contributed by atoms with Crippen molar-refractivity contribution in [3.05, 3.63) is 0 Å². The van der Waals surface area contributed by atoms with Crippen molar-refractivity contribution >= 4 is 0 Å². The van der Waals surface area contributed by atoms with Crippen LogP contribution in [0.4, 0.5) is 0 Å². The Kier molecular flexibility index (Phi) is 8.89. The summed E-state index contributed by atoms with van der Waals surface area (Å²) in [6.45, 7) is 13.5. The number of hydrogen-bond acceptors (Lipinski definition) is 2. The van der Waals surface area contributed by atoms with E-state index in [0.717, 1.165) is 37.8 Å². The van der Waals surface area contributed by atoms with Crippen molar-refractivity contribution in [2.75, 3.05) is 13.1 Å². The molecule has 0 heterocycles. The Balaban J connectivity index is 3.50. The molecule has 17 heavy (non-hydrogen) atoms. The fraction of sp³-hybridized carbons (Fsp3) is 1.00. The molecule has 0 fully saturated rings. The lowest BCUT2D eigenvalue weighted by molar-refractivity contribution is 0.358. The zero-order valence-electron chi connectivity index (χ0n) is 12.7. The third-order valence-corrected chi connectivity index (χ3v) is 3.18. The third-order valence-electron chi connectivity index (χ3n) is 3.18. The van der Waals surface area contributed by atoms with Gasteiger partial charge in [0, 0.05) is 5.54 Å². The second-order valence-electron chi connectivity index (χ2n) is 6.64. The molecule has 0 radical (unpaired) electrons. The summed E-state index contributed by atoms with van der Waals surface area (Å²) in [4.78, 5) is 0. The molecule has 2 heteroatoms. The van der Waals surface area contributed by atoms with Crippen molar-refractivity contribution in [1.29, 1.82) is 0 Å². The van der Waals surface area contributed by atoms with Crippen LogP contribution in [0.2, 0.25) is 0 Å². The van der Waals surface area contributed by atoms with Gasteiger partial charge in [-0.2, -0.15) is 0 Å². The van der Waals surface area contributed by atoms with Gasteiger partial charge < -0.3 is 11.1 Å². The molecule has 0 bridgehead atoms. The van der Waals surface area contributed by atoms with Crippen LogP contribution in [-0.2, 0) is 0 Å². The van der Waals surface area contributed by atoms with E-state index in [1.807, 2.05) is 0 Å². The first-order valence-electron chi connectivity index (χ1n) is 7.33. The lowest BCUT2D eigenvalue weighted by atomic mass is 9.89. The van der Waals surface area contributed by atoms with Crippen LogP contribution in [-0.4, -0.2) is 18.6 Å². The van der Waals surface area contributed by atoms with Crippen LogP contribution in [0.25, 0.3) is 0 Å². The van der Waals surface area contributed by atoms with Gasteiger partial charge in [0.05, 0.1) is 0 Å². The van der Waals surface area contributed by atoms with Crippen molar-refractivity contribution in [3.8, 4) is 0 Å². The topological polar surface area (TPSA) is 38.0 Å². The molecule has 0 saturated heterocycles. The summed E-state index contributed by atoms with van der Waals surface area (Å²) in [5.74, 6) is 1.55. The van der Waals surface area contributed by atoms with E-state index < -0.39 is 0 Å². The molecule has 1 atom stereocenters. The summed E-state index contributed by atoms with van der Waals surface area (Å²) in [6, 6.07) is 0. The smallest absolute Gasteiger partial charge is 0.0126 e. The van der Waals surface area contributed by atoms with Gasteiger partial charge in [-0.15, -0.1) is 0 Å². The minimum atomic E-state index is 0.0361. The van der Waals surface area contributed by atoms with Gasteiger partial charge in [0.2, 0.25) is 0 Å². The molecule has 3 N–H and O–H groups in total. The van der Waals surface area contributed by atoms with Crippen LogP contribution < -0.4 is 11.1 Å². The highest BCUT2D eigenvalue weighted by atomic mass is 14.9. The molecule has 0 amide bonds. The van der Waals surface area contributed by atoms with E-state index in [2.05, 4.69) is 39.9 Å². The summed E-state index contributed by atoms with van der Waals surface area (Å²) in [6.07, 6.45) is 6.06. The van der Waals surface area contributed by atoms with Crippen LogP contribution in [0.15, 0.2) is 0 Å². The van der Waals surface area contributed by atoms with Gasteiger partial charge in [0.25, 0.3) is 0 Å². The minimum absolute atomic E-state index is 0.0361. The standard InChI is InChI=1S/C15H34N2/c1-13(2)8-6-9-15(5,16)10-7-11-17-12-14(3)4/h13-14,17H,6-12,16H2,1-5H3. The first-order valence-corrected chi connectivity index (χ1v) is 7.33. The summed E-state index contributed by atoms with van der Waals surface area (Å²) in [7, 11) is 0. The van der Waals surface area contributed by atoms with Crippen LogP contribution in [0.1, 0.15) is 66.7 Å². The van der Waals surface area contributed by atoms with E-state index in [0.29, 0.717) is 0 Å². The maximum absolute atomic E-state index is 6.32. The molecular formula is C15H34N2. The van der Waals surface area contributed by atoms with Crippen molar-refractivity contribution < 1.29 is 0 Å². The van der Waals surface area contributed by atoms with Crippen LogP contribution in [0, 0.1) is 11.8 Å². The van der Waals surface area contributed by atoms with Crippen molar-refractivity contribution in [2.45, 2.75) is 72.3 Å². The Morgan fingerprint density at radius 2 is 1.59 bits per heavy atom. The molecule has 0 aliphatic rings. The molecule has 0 aliphatic heterocycles. The monoisotopic (exact) mass is 242 g/mol. The van der Waals surface area contributed by atoms with Gasteiger partial charge in [-0.05, 0) is 51.1 Å². The molecule has 104 valence electrons. The molecule has 0 rings (SSSR count). The lowest BCUT2D eigenvalue weighted by Gasteiger charge is -2.25. The van der Waals surface area contributed by atoms with Crippen LogP contribution in [0.5, 0.6) is 0 Å². The van der Waals surface area contributed by atoms with Gasteiger partial charge >= 0.3 is 0 Å². The summed E-state index contributed by atoms with van der Waals surface area (Å²) in [5.41, 5.74) is 6.35. The number of hydrogen-bond donors (Lipinski definition) is 2. The SMILES string of the molecule is CC(C)CCCC(C)(N)CCCNCC(C)C. The highest BCUT2D eigenvalue weighted by Crippen LogP contribution is 2.18. The quantitative estimate of drug-likeness (QED) is 0.575. The predicted octanol–water partition coefficient (Wildman–Crippen LogP) is 3.56. The van der Waals surface area contributed by atoms with E-state index >= 15 is 0 Å². The fourth-order valence-electron chi connectivity index (χ4n) is 2.05. The normalized spacial score (nSPS) is 15.5. The van der Waals surface area contributed by atoms with Gasteiger partial charge in [0.15, 0.2) is 0 Å². The molecule has 0 aromatic rings. The Morgan fingerprint density at radius 3 is 2.12 bits per heavy atom. The summed E-state index contributed by atoms with van der Waals surface area (Å²) >= 11 is 0. The molecule has 0 saturated carbocycles. The Bertz CT molecular complexity index is 174. The van der Waals surface area contributed by atoms with Gasteiger partial charge in [0.1, 0.15) is 0 Å². The zero-order chi connectivity index (χ0) is 13.3. The number of rotatable bonds is 10. The van der Waals surface area contributed by atoms with E-state index in [9.17, 15) is 0 Å². The molecule has 0 spiro atoms. The van der Waals surface area contributed by atoms with Crippen LogP contribution >= 0.6 is 0 Å². The maximum atomic E-state index is 6.32. The molecule has 1 unspecified atom stereocenters. The molecule has 2 nitrogen and oxygen atoms in total. The van der Waals surface area contributed by atoms with Gasteiger partial charge in [-0.25, -0.2) is 0 Å². The maximum Gasteiger partial charge on any atom is 0.0126 e. The fourth-order valence-corrected chi connectivity index (χ4v) is 2.05. The highest BCUT2D eigenvalue weighted by molar-refractivity contribution is 4.78. The largest absolute Gasteiger partial charge is 0.325 e. The first kappa shape index (κ1) is 16.9. The third kappa shape index (κ3) is 12.2.